The molecule has 4 rings (SSSR count). The molecule has 0 bridgehead atoms. The van der Waals surface area contributed by atoms with E-state index in [1.54, 1.807) is 24.5 Å². The van der Waals surface area contributed by atoms with Crippen LogP contribution in [-0.2, 0) is 17.8 Å². The molecule has 0 spiro atoms. The van der Waals surface area contributed by atoms with Gasteiger partial charge in [-0.25, -0.2) is 9.37 Å². The Morgan fingerprint density at radius 2 is 2.10 bits per heavy atom. The second-order valence-electron chi connectivity index (χ2n) is 7.16. The van der Waals surface area contributed by atoms with Crippen molar-refractivity contribution in [1.82, 2.24) is 19.7 Å². The first-order chi connectivity index (χ1) is 14.2. The number of nitrogens with zero attached hydrogens (tertiary/aromatic N) is 4. The van der Waals surface area contributed by atoms with Gasteiger partial charge in [-0.1, -0.05) is 18.2 Å². The molecule has 1 unspecified atom stereocenters. The SMILES string of the molecule is O=C(NCc1cccnc1)C1CCCN(c2nc(Cc3ccc(F)cc3)ns2)C1. The van der Waals surface area contributed by atoms with Gasteiger partial charge in [0.15, 0.2) is 0 Å². The number of aromatic nitrogens is 3. The van der Waals surface area contributed by atoms with Crippen LogP contribution in [0.25, 0.3) is 0 Å². The highest BCUT2D eigenvalue weighted by Crippen LogP contribution is 2.25. The Morgan fingerprint density at radius 3 is 2.90 bits per heavy atom. The molecule has 0 saturated carbocycles. The summed E-state index contributed by atoms with van der Waals surface area (Å²) in [6, 6.07) is 10.2. The predicted molar refractivity (Wildman–Crippen MR) is 110 cm³/mol. The van der Waals surface area contributed by atoms with E-state index < -0.39 is 0 Å². The van der Waals surface area contributed by atoms with Crippen molar-refractivity contribution in [3.63, 3.8) is 0 Å². The number of nitrogens with one attached hydrogen (secondary N) is 1. The largest absolute Gasteiger partial charge is 0.352 e. The van der Waals surface area contributed by atoms with E-state index >= 15 is 0 Å². The van der Waals surface area contributed by atoms with E-state index in [1.165, 1.54) is 23.7 Å². The van der Waals surface area contributed by atoms with E-state index in [4.69, 9.17) is 0 Å². The van der Waals surface area contributed by atoms with E-state index in [2.05, 4.69) is 24.6 Å². The molecule has 1 amide bonds. The number of amides is 1. The summed E-state index contributed by atoms with van der Waals surface area (Å²) in [5.41, 5.74) is 1.96. The zero-order valence-corrected chi connectivity index (χ0v) is 16.7. The average molecular weight is 412 g/mol. The zero-order chi connectivity index (χ0) is 20.1. The first-order valence-corrected chi connectivity index (χ1v) is 10.4. The summed E-state index contributed by atoms with van der Waals surface area (Å²) in [4.78, 5) is 23.5. The Hall–Kier alpha value is -2.87. The highest BCUT2D eigenvalue weighted by Gasteiger charge is 2.27. The van der Waals surface area contributed by atoms with Crippen molar-refractivity contribution in [2.45, 2.75) is 25.8 Å². The number of carbonyl (C=O) groups is 1. The molecule has 1 atom stereocenters. The Bertz CT molecular complexity index is 947. The normalized spacial score (nSPS) is 16.6. The fraction of sp³-hybridized carbons (Fsp3) is 0.333. The van der Waals surface area contributed by atoms with Crippen LogP contribution in [0.4, 0.5) is 9.52 Å². The highest BCUT2D eigenvalue weighted by atomic mass is 32.1. The third-order valence-corrected chi connectivity index (χ3v) is 5.80. The summed E-state index contributed by atoms with van der Waals surface area (Å²) >= 11 is 1.35. The molecule has 0 radical (unpaired) electrons. The van der Waals surface area contributed by atoms with Crippen LogP contribution in [0.5, 0.6) is 0 Å². The van der Waals surface area contributed by atoms with Crippen LogP contribution in [0.3, 0.4) is 0 Å². The summed E-state index contributed by atoms with van der Waals surface area (Å²) in [6.07, 6.45) is 5.86. The van der Waals surface area contributed by atoms with Crippen molar-refractivity contribution in [3.8, 4) is 0 Å². The topological polar surface area (TPSA) is 71.0 Å². The minimum atomic E-state index is -0.248. The predicted octanol–water partition coefficient (Wildman–Crippen LogP) is 3.20. The summed E-state index contributed by atoms with van der Waals surface area (Å²) in [5.74, 6) is 0.473. The van der Waals surface area contributed by atoms with E-state index in [0.717, 1.165) is 41.5 Å². The third kappa shape index (κ3) is 5.14. The smallest absolute Gasteiger partial charge is 0.225 e. The number of pyridine rings is 1. The zero-order valence-electron chi connectivity index (χ0n) is 15.9. The highest BCUT2D eigenvalue weighted by molar-refractivity contribution is 7.09. The summed E-state index contributed by atoms with van der Waals surface area (Å²) in [5, 5.41) is 3.85. The number of hydrogen-bond acceptors (Lipinski definition) is 6. The number of halogens is 1. The van der Waals surface area contributed by atoms with Crippen molar-refractivity contribution in [1.29, 1.82) is 0 Å². The molecule has 1 saturated heterocycles. The van der Waals surface area contributed by atoms with Gasteiger partial charge in [0, 0.05) is 50.0 Å². The second kappa shape index (κ2) is 9.09. The molecule has 150 valence electrons. The lowest BCUT2D eigenvalue weighted by atomic mass is 9.97. The van der Waals surface area contributed by atoms with Gasteiger partial charge in [-0.15, -0.1) is 0 Å². The molecule has 3 heterocycles. The molecule has 6 nitrogen and oxygen atoms in total. The molecule has 1 N–H and O–H groups in total. The lowest BCUT2D eigenvalue weighted by molar-refractivity contribution is -0.125. The number of piperidine rings is 1. The van der Waals surface area contributed by atoms with Gasteiger partial charge in [-0.05, 0) is 42.2 Å². The second-order valence-corrected chi connectivity index (χ2v) is 7.89. The van der Waals surface area contributed by atoms with E-state index in [9.17, 15) is 9.18 Å². The molecular weight excluding hydrogens is 389 g/mol. The summed E-state index contributed by atoms with van der Waals surface area (Å²) in [6.45, 7) is 2.01. The Kier molecular flexibility index (Phi) is 6.09. The fourth-order valence-electron chi connectivity index (χ4n) is 3.43. The number of benzene rings is 1. The molecule has 3 aromatic rings. The monoisotopic (exact) mass is 411 g/mol. The van der Waals surface area contributed by atoms with Gasteiger partial charge >= 0.3 is 0 Å². The van der Waals surface area contributed by atoms with Crippen molar-refractivity contribution < 1.29 is 9.18 Å². The van der Waals surface area contributed by atoms with E-state index in [-0.39, 0.29) is 17.6 Å². The molecular formula is C21H22FN5OS. The first kappa shape index (κ1) is 19.4. The van der Waals surface area contributed by atoms with Crippen LogP contribution in [0.2, 0.25) is 0 Å². The average Bonchev–Trinajstić information content (AvgIpc) is 3.23. The van der Waals surface area contributed by atoms with Crippen molar-refractivity contribution in [2.75, 3.05) is 18.0 Å². The molecule has 1 aliphatic heterocycles. The van der Waals surface area contributed by atoms with Crippen molar-refractivity contribution in [2.24, 2.45) is 5.92 Å². The number of rotatable bonds is 6. The van der Waals surface area contributed by atoms with Crippen LogP contribution < -0.4 is 10.2 Å². The lowest BCUT2D eigenvalue weighted by Crippen LogP contribution is -2.43. The molecule has 8 heteroatoms. The van der Waals surface area contributed by atoms with Gasteiger partial charge in [-0.2, -0.15) is 4.37 Å². The molecule has 1 aromatic carbocycles. The first-order valence-electron chi connectivity index (χ1n) is 9.66. The fourth-order valence-corrected chi connectivity index (χ4v) is 4.15. The van der Waals surface area contributed by atoms with Gasteiger partial charge in [-0.3, -0.25) is 9.78 Å². The van der Waals surface area contributed by atoms with Crippen LogP contribution in [0, 0.1) is 11.7 Å². The maximum Gasteiger partial charge on any atom is 0.225 e. The van der Waals surface area contributed by atoms with Gasteiger partial charge < -0.3 is 10.2 Å². The van der Waals surface area contributed by atoms with Crippen LogP contribution in [0.15, 0.2) is 48.8 Å². The number of hydrogen-bond donors (Lipinski definition) is 1. The van der Waals surface area contributed by atoms with Gasteiger partial charge in [0.05, 0.1) is 5.92 Å². The van der Waals surface area contributed by atoms with E-state index in [1.807, 2.05) is 12.1 Å². The van der Waals surface area contributed by atoms with Gasteiger partial charge in [0.2, 0.25) is 11.0 Å². The van der Waals surface area contributed by atoms with E-state index in [0.29, 0.717) is 19.5 Å². The Balaban J connectivity index is 1.34. The van der Waals surface area contributed by atoms with Gasteiger partial charge in [0.25, 0.3) is 0 Å². The molecule has 2 aromatic heterocycles. The minimum absolute atomic E-state index is 0.0644. The maximum absolute atomic E-state index is 13.1. The quantitative estimate of drug-likeness (QED) is 0.675. The summed E-state index contributed by atoms with van der Waals surface area (Å²) < 4.78 is 17.5. The third-order valence-electron chi connectivity index (χ3n) is 4.99. The van der Waals surface area contributed by atoms with Crippen molar-refractivity contribution in [3.05, 3.63) is 71.6 Å². The van der Waals surface area contributed by atoms with Crippen LogP contribution >= 0.6 is 11.5 Å². The maximum atomic E-state index is 13.1. The lowest BCUT2D eigenvalue weighted by Gasteiger charge is -2.31. The Labute approximate surface area is 173 Å². The minimum Gasteiger partial charge on any atom is -0.352 e. The molecule has 1 aliphatic rings. The van der Waals surface area contributed by atoms with Gasteiger partial charge in [0.1, 0.15) is 11.6 Å². The number of carbonyl (C=O) groups excluding carboxylic acids is 1. The molecule has 29 heavy (non-hydrogen) atoms. The number of anilines is 1. The standard InChI is InChI=1S/C21H22FN5OS/c22-18-7-5-15(6-8-18)11-19-25-21(29-26-19)27-10-2-4-17(14-27)20(28)24-13-16-3-1-9-23-12-16/h1,3,5-9,12,17H,2,4,10-11,13-14H2,(H,24,28). The molecule has 1 fully saturated rings. The van der Waals surface area contributed by atoms with Crippen molar-refractivity contribution >= 4 is 22.6 Å². The summed E-state index contributed by atoms with van der Waals surface area (Å²) in [7, 11) is 0. The Morgan fingerprint density at radius 1 is 1.24 bits per heavy atom. The molecule has 0 aliphatic carbocycles. The van der Waals surface area contributed by atoms with Crippen LogP contribution in [0.1, 0.15) is 29.8 Å². The van der Waals surface area contributed by atoms with Crippen LogP contribution in [-0.4, -0.2) is 33.3 Å².